The van der Waals surface area contributed by atoms with Gasteiger partial charge < -0.3 is 5.11 Å². The van der Waals surface area contributed by atoms with Gasteiger partial charge in [-0.2, -0.15) is 11.8 Å². The van der Waals surface area contributed by atoms with Gasteiger partial charge >= 0.3 is 0 Å². The Morgan fingerprint density at radius 3 is 2.70 bits per heavy atom. The molecular weight excluding hydrogens is 294 g/mol. The number of hydrogen-bond acceptors (Lipinski definition) is 4. The van der Waals surface area contributed by atoms with Crippen molar-refractivity contribution in [3.05, 3.63) is 28.3 Å². The first-order valence-corrected chi connectivity index (χ1v) is 8.35. The van der Waals surface area contributed by atoms with Gasteiger partial charge in [0.2, 0.25) is 0 Å². The number of halogens is 1. The molecule has 3 nitrogen and oxygen atoms in total. The number of thioether (sulfide) groups is 1. The van der Waals surface area contributed by atoms with Gasteiger partial charge in [-0.25, -0.2) is 0 Å². The van der Waals surface area contributed by atoms with Crippen molar-refractivity contribution in [2.75, 3.05) is 19.1 Å². The first kappa shape index (κ1) is 17.3. The van der Waals surface area contributed by atoms with Gasteiger partial charge in [0, 0.05) is 23.2 Å². The summed E-state index contributed by atoms with van der Waals surface area (Å²) in [6.07, 6.45) is 3.17. The number of phenols is 1. The number of Topliss-reactive ketones (excluding diaryl/α,β-unsaturated/α-hetero) is 1. The normalized spacial score (nSPS) is 12.7. The zero-order valence-electron chi connectivity index (χ0n) is 12.4. The number of phenolic OH excluding ortho intramolecular Hbond substituents is 1. The largest absolute Gasteiger partial charge is 0.507 e. The minimum Gasteiger partial charge on any atom is -0.507 e. The van der Waals surface area contributed by atoms with E-state index < -0.39 is 0 Å². The fourth-order valence-electron chi connectivity index (χ4n) is 1.98. The molecule has 1 atom stereocenters. The smallest absolute Gasteiger partial charge is 0.163 e. The van der Waals surface area contributed by atoms with Crippen LogP contribution in [0.4, 0.5) is 0 Å². The highest BCUT2D eigenvalue weighted by Gasteiger charge is 2.16. The Labute approximate surface area is 130 Å². The molecule has 1 unspecified atom stereocenters. The molecule has 1 N–H and O–H groups in total. The molecule has 20 heavy (non-hydrogen) atoms. The Kier molecular flexibility index (Phi) is 6.86. The number of ketones is 1. The molecule has 0 saturated carbocycles. The topological polar surface area (TPSA) is 40.5 Å². The fraction of sp³-hybridized carbons (Fsp3) is 0.533. The number of rotatable bonds is 7. The fourth-order valence-corrected chi connectivity index (χ4v) is 2.80. The van der Waals surface area contributed by atoms with Gasteiger partial charge in [-0.15, -0.1) is 0 Å². The predicted molar refractivity (Wildman–Crippen MR) is 87.0 cm³/mol. The standard InChI is InChI=1S/C15H22ClNO2S/c1-10(5-6-20-4)17(3)9-12-7-13(16)8-14(11(2)18)15(12)19/h7-8,10,19H,5-6,9H2,1-4H3. The first-order chi connectivity index (χ1) is 9.36. The van der Waals surface area contributed by atoms with E-state index in [-0.39, 0.29) is 17.1 Å². The van der Waals surface area contributed by atoms with Crippen LogP contribution in [0.2, 0.25) is 5.02 Å². The van der Waals surface area contributed by atoms with E-state index in [2.05, 4.69) is 18.1 Å². The molecule has 0 amide bonds. The third-order valence-corrected chi connectivity index (χ3v) is 4.31. The average molecular weight is 316 g/mol. The molecule has 0 aliphatic rings. The van der Waals surface area contributed by atoms with Crippen LogP contribution in [0.1, 0.15) is 36.2 Å². The van der Waals surface area contributed by atoms with Gasteiger partial charge in [-0.1, -0.05) is 11.6 Å². The molecule has 0 radical (unpaired) electrons. The summed E-state index contributed by atoms with van der Waals surface area (Å²) in [7, 11) is 2.01. The van der Waals surface area contributed by atoms with Crippen LogP contribution < -0.4 is 0 Å². The van der Waals surface area contributed by atoms with Gasteiger partial charge in [0.25, 0.3) is 0 Å². The van der Waals surface area contributed by atoms with Crippen LogP contribution >= 0.6 is 23.4 Å². The Balaban J connectivity index is 2.89. The second kappa shape index (κ2) is 7.91. The Morgan fingerprint density at radius 2 is 2.15 bits per heavy atom. The zero-order chi connectivity index (χ0) is 15.3. The zero-order valence-corrected chi connectivity index (χ0v) is 14.0. The van der Waals surface area contributed by atoms with E-state index in [4.69, 9.17) is 11.6 Å². The van der Waals surface area contributed by atoms with Crippen molar-refractivity contribution in [2.45, 2.75) is 32.9 Å². The lowest BCUT2D eigenvalue weighted by Crippen LogP contribution is -2.29. The highest BCUT2D eigenvalue weighted by atomic mass is 35.5. The monoisotopic (exact) mass is 315 g/mol. The Bertz CT molecular complexity index is 479. The van der Waals surface area contributed by atoms with Crippen molar-refractivity contribution in [1.82, 2.24) is 4.90 Å². The molecule has 0 spiro atoms. The summed E-state index contributed by atoms with van der Waals surface area (Å²) in [5, 5.41) is 10.7. The average Bonchev–Trinajstić information content (AvgIpc) is 2.39. The van der Waals surface area contributed by atoms with Crippen molar-refractivity contribution in [2.24, 2.45) is 0 Å². The lowest BCUT2D eigenvalue weighted by molar-refractivity contribution is 0.101. The quantitative estimate of drug-likeness (QED) is 0.777. The summed E-state index contributed by atoms with van der Waals surface area (Å²) in [5.41, 5.74) is 0.985. The first-order valence-electron chi connectivity index (χ1n) is 6.58. The Hall–Kier alpha value is -0.710. The second-order valence-electron chi connectivity index (χ2n) is 5.06. The molecule has 1 aromatic carbocycles. The van der Waals surface area contributed by atoms with Gasteiger partial charge in [-0.05, 0) is 51.5 Å². The molecule has 0 aromatic heterocycles. The number of benzene rings is 1. The second-order valence-corrected chi connectivity index (χ2v) is 6.48. The minimum absolute atomic E-state index is 0.0471. The van der Waals surface area contributed by atoms with Crippen LogP contribution in [0.5, 0.6) is 5.75 Å². The highest BCUT2D eigenvalue weighted by molar-refractivity contribution is 7.98. The van der Waals surface area contributed by atoms with Crippen LogP contribution in [0, 0.1) is 0 Å². The van der Waals surface area contributed by atoms with Crippen molar-refractivity contribution in [1.29, 1.82) is 0 Å². The summed E-state index contributed by atoms with van der Waals surface area (Å²) in [4.78, 5) is 13.7. The van der Waals surface area contributed by atoms with Gasteiger partial charge in [0.05, 0.1) is 5.56 Å². The van der Waals surface area contributed by atoms with Crippen molar-refractivity contribution in [3.8, 4) is 5.75 Å². The van der Waals surface area contributed by atoms with Crippen LogP contribution in [0.25, 0.3) is 0 Å². The lowest BCUT2D eigenvalue weighted by atomic mass is 10.0. The van der Waals surface area contributed by atoms with Gasteiger partial charge in [0.1, 0.15) is 5.75 Å². The van der Waals surface area contributed by atoms with Crippen molar-refractivity contribution in [3.63, 3.8) is 0 Å². The number of carbonyl (C=O) groups excluding carboxylic acids is 1. The van der Waals surface area contributed by atoms with Gasteiger partial charge in [0.15, 0.2) is 5.78 Å². The Morgan fingerprint density at radius 1 is 1.50 bits per heavy atom. The molecule has 0 saturated heterocycles. The van der Waals surface area contributed by atoms with E-state index in [0.29, 0.717) is 23.2 Å². The number of aromatic hydroxyl groups is 1. The molecule has 0 aliphatic heterocycles. The van der Waals surface area contributed by atoms with Crippen LogP contribution in [-0.2, 0) is 6.54 Å². The predicted octanol–water partition coefficient (Wildman–Crippen LogP) is 3.82. The molecule has 5 heteroatoms. The molecule has 1 aromatic rings. The number of nitrogens with zero attached hydrogens (tertiary/aromatic N) is 1. The van der Waals surface area contributed by atoms with E-state index in [1.807, 2.05) is 18.8 Å². The molecular formula is C15H22ClNO2S. The third-order valence-electron chi connectivity index (χ3n) is 3.44. The summed E-state index contributed by atoms with van der Waals surface area (Å²) in [6, 6.07) is 3.64. The van der Waals surface area contributed by atoms with Crippen LogP contribution in [0.15, 0.2) is 12.1 Å². The molecule has 112 valence electrons. The minimum atomic E-state index is -0.177. The SMILES string of the molecule is CSCCC(C)N(C)Cc1cc(Cl)cc(C(C)=O)c1O. The van der Waals surface area contributed by atoms with E-state index in [9.17, 15) is 9.90 Å². The highest BCUT2D eigenvalue weighted by Crippen LogP contribution is 2.29. The molecule has 0 bridgehead atoms. The summed E-state index contributed by atoms with van der Waals surface area (Å²) < 4.78 is 0. The summed E-state index contributed by atoms with van der Waals surface area (Å²) in [6.45, 7) is 4.16. The lowest BCUT2D eigenvalue weighted by Gasteiger charge is -2.25. The van der Waals surface area contributed by atoms with Gasteiger partial charge in [-0.3, -0.25) is 9.69 Å². The van der Waals surface area contributed by atoms with E-state index in [1.54, 1.807) is 6.07 Å². The van der Waals surface area contributed by atoms with E-state index in [1.165, 1.54) is 13.0 Å². The summed E-state index contributed by atoms with van der Waals surface area (Å²) >= 11 is 7.85. The third kappa shape index (κ3) is 4.69. The number of hydrogen-bond donors (Lipinski definition) is 1. The van der Waals surface area contributed by atoms with Crippen molar-refractivity contribution >= 4 is 29.1 Å². The van der Waals surface area contributed by atoms with Crippen LogP contribution in [0.3, 0.4) is 0 Å². The van der Waals surface area contributed by atoms with E-state index in [0.717, 1.165) is 12.2 Å². The van der Waals surface area contributed by atoms with E-state index >= 15 is 0 Å². The molecule has 0 heterocycles. The maximum atomic E-state index is 11.5. The molecule has 1 rings (SSSR count). The van der Waals surface area contributed by atoms with Crippen LogP contribution in [-0.4, -0.2) is 40.9 Å². The number of carbonyl (C=O) groups is 1. The maximum Gasteiger partial charge on any atom is 0.163 e. The maximum absolute atomic E-state index is 11.5. The molecule has 0 aliphatic carbocycles. The van der Waals surface area contributed by atoms with Crippen molar-refractivity contribution < 1.29 is 9.90 Å². The molecule has 0 fully saturated rings. The summed E-state index contributed by atoms with van der Waals surface area (Å²) in [5.74, 6) is 0.973.